The van der Waals surface area contributed by atoms with Crippen LogP contribution in [0.3, 0.4) is 0 Å². The zero-order chi connectivity index (χ0) is 42.2. The van der Waals surface area contributed by atoms with Gasteiger partial charge in [-0.3, -0.25) is 0 Å². The molecule has 0 aromatic heterocycles. The third-order valence-corrected chi connectivity index (χ3v) is 13.9. The number of hydrogen-bond acceptors (Lipinski definition) is 1. The summed E-state index contributed by atoms with van der Waals surface area (Å²) in [5.41, 5.74) is 20.7. The molecule has 0 saturated carbocycles. The number of rotatable bonds is 6. The van der Waals surface area contributed by atoms with Crippen molar-refractivity contribution < 1.29 is 0 Å². The maximum atomic E-state index is 2.50. The molecule has 11 aromatic rings. The molecule has 13 rings (SSSR count). The first-order valence-corrected chi connectivity index (χ1v) is 22.3. The van der Waals surface area contributed by atoms with Crippen molar-refractivity contribution >= 4 is 38.6 Å². The highest BCUT2D eigenvalue weighted by atomic mass is 15.1. The molecule has 2 aliphatic rings. The van der Waals surface area contributed by atoms with Gasteiger partial charge in [0.2, 0.25) is 0 Å². The van der Waals surface area contributed by atoms with E-state index in [1.807, 2.05) is 0 Å². The van der Waals surface area contributed by atoms with E-state index in [2.05, 4.69) is 254 Å². The number of nitrogens with zero attached hydrogens (tertiary/aromatic N) is 1. The summed E-state index contributed by atoms with van der Waals surface area (Å²) in [4.78, 5) is 2.45. The fourth-order valence-corrected chi connectivity index (χ4v) is 11.2. The molecule has 0 amide bonds. The van der Waals surface area contributed by atoms with Crippen LogP contribution in [-0.4, -0.2) is 0 Å². The van der Waals surface area contributed by atoms with E-state index < -0.39 is 5.41 Å². The van der Waals surface area contributed by atoms with Crippen molar-refractivity contribution in [2.24, 2.45) is 0 Å². The molecule has 64 heavy (non-hydrogen) atoms. The predicted octanol–water partition coefficient (Wildman–Crippen LogP) is 16.8. The number of fused-ring (bicyclic) bond motifs is 12. The van der Waals surface area contributed by atoms with E-state index in [1.54, 1.807) is 0 Å². The Hall–Kier alpha value is -8.26. The van der Waals surface area contributed by atoms with Gasteiger partial charge in [-0.2, -0.15) is 0 Å². The van der Waals surface area contributed by atoms with Crippen LogP contribution in [0.2, 0.25) is 0 Å². The Morgan fingerprint density at radius 1 is 0.250 bits per heavy atom. The van der Waals surface area contributed by atoms with Crippen LogP contribution in [0.25, 0.3) is 77.2 Å². The van der Waals surface area contributed by atoms with E-state index >= 15 is 0 Å². The molecule has 0 atom stereocenters. The molecule has 0 bridgehead atoms. The van der Waals surface area contributed by atoms with Gasteiger partial charge in [-0.25, -0.2) is 0 Å². The highest BCUT2D eigenvalue weighted by Crippen LogP contribution is 2.64. The van der Waals surface area contributed by atoms with Gasteiger partial charge in [-0.05, 0) is 136 Å². The quantitative estimate of drug-likeness (QED) is 0.162. The van der Waals surface area contributed by atoms with Crippen LogP contribution in [0.5, 0.6) is 0 Å². The number of hydrogen-bond donors (Lipinski definition) is 0. The lowest BCUT2D eigenvalue weighted by Gasteiger charge is -2.32. The monoisotopic (exact) mass is 811 g/mol. The summed E-state index contributed by atoms with van der Waals surface area (Å²) < 4.78 is 0. The third kappa shape index (κ3) is 5.38. The summed E-state index contributed by atoms with van der Waals surface area (Å²) in [6.45, 7) is 0. The van der Waals surface area contributed by atoms with Crippen molar-refractivity contribution in [2.45, 2.75) is 5.41 Å². The van der Waals surface area contributed by atoms with E-state index in [4.69, 9.17) is 0 Å². The minimum Gasteiger partial charge on any atom is -0.310 e. The van der Waals surface area contributed by atoms with Crippen LogP contribution < -0.4 is 4.90 Å². The smallest absolute Gasteiger partial charge is 0.0726 e. The van der Waals surface area contributed by atoms with Crippen LogP contribution in [0.4, 0.5) is 17.1 Å². The predicted molar refractivity (Wildman–Crippen MR) is 269 cm³/mol. The van der Waals surface area contributed by atoms with Crippen LogP contribution >= 0.6 is 0 Å². The van der Waals surface area contributed by atoms with Crippen molar-refractivity contribution in [3.63, 3.8) is 0 Å². The Kier molecular flexibility index (Phi) is 8.20. The summed E-state index contributed by atoms with van der Waals surface area (Å²) in [7, 11) is 0. The van der Waals surface area contributed by atoms with Gasteiger partial charge >= 0.3 is 0 Å². The molecule has 0 fully saturated rings. The van der Waals surface area contributed by atoms with Crippen molar-refractivity contribution in [3.8, 4) is 55.6 Å². The van der Waals surface area contributed by atoms with Gasteiger partial charge in [-0.15, -0.1) is 0 Å². The first-order chi connectivity index (χ1) is 31.8. The summed E-state index contributed by atoms with van der Waals surface area (Å²) >= 11 is 0. The Morgan fingerprint density at radius 3 is 1.27 bits per heavy atom. The van der Waals surface area contributed by atoms with Crippen molar-refractivity contribution in [2.75, 3.05) is 4.90 Å². The van der Waals surface area contributed by atoms with Crippen LogP contribution in [-0.2, 0) is 5.41 Å². The Bertz CT molecular complexity index is 3420. The average molecular weight is 812 g/mol. The molecule has 298 valence electrons. The van der Waals surface area contributed by atoms with Gasteiger partial charge in [0.1, 0.15) is 0 Å². The highest BCUT2D eigenvalue weighted by molar-refractivity contribution is 6.02. The lowest BCUT2D eigenvalue weighted by atomic mass is 9.70. The Balaban J connectivity index is 1.03. The standard InChI is InChI=1S/C63H41N/c1-2-15-44(16-3-1)54-27-14-30-60-62(54)57-40-39-49(41-61(57)63(60)58-28-10-8-23-55(58)56-24-9-11-29-59(56)63)64(47-35-31-45(32-36-47)52-25-12-19-42-17-4-6-21-50(42)52)48-37-33-46(34-38-48)53-26-13-20-43-18-5-7-22-51(43)53/h1-41H. The van der Waals surface area contributed by atoms with Gasteiger partial charge in [0.05, 0.1) is 5.41 Å². The Morgan fingerprint density at radius 2 is 0.672 bits per heavy atom. The van der Waals surface area contributed by atoms with Crippen molar-refractivity contribution in [1.29, 1.82) is 0 Å². The molecule has 1 heteroatoms. The molecule has 0 N–H and O–H groups in total. The first kappa shape index (κ1) is 36.4. The fourth-order valence-electron chi connectivity index (χ4n) is 11.2. The summed E-state index contributed by atoms with van der Waals surface area (Å²) in [6, 6.07) is 92.1. The molecule has 11 aromatic carbocycles. The van der Waals surface area contributed by atoms with Crippen LogP contribution in [0, 0.1) is 0 Å². The van der Waals surface area contributed by atoms with Gasteiger partial charge in [0.25, 0.3) is 0 Å². The largest absolute Gasteiger partial charge is 0.310 e. The molecule has 1 spiro atoms. The van der Waals surface area contributed by atoms with Crippen LogP contribution in [0.15, 0.2) is 249 Å². The second-order valence-corrected chi connectivity index (χ2v) is 17.1. The molecule has 2 aliphatic carbocycles. The molecule has 0 radical (unpaired) electrons. The molecule has 0 heterocycles. The molecule has 1 nitrogen and oxygen atoms in total. The van der Waals surface area contributed by atoms with E-state index in [-0.39, 0.29) is 0 Å². The number of benzene rings is 11. The maximum Gasteiger partial charge on any atom is 0.0726 e. The normalized spacial score (nSPS) is 12.8. The lowest BCUT2D eigenvalue weighted by Crippen LogP contribution is -2.26. The Labute approximate surface area is 373 Å². The zero-order valence-corrected chi connectivity index (χ0v) is 35.1. The summed E-state index contributed by atoms with van der Waals surface area (Å²) in [6.07, 6.45) is 0. The van der Waals surface area contributed by atoms with E-state index in [0.717, 1.165) is 17.1 Å². The minimum absolute atomic E-state index is 0.499. The van der Waals surface area contributed by atoms with Gasteiger partial charge in [0, 0.05) is 17.1 Å². The van der Waals surface area contributed by atoms with Gasteiger partial charge < -0.3 is 4.90 Å². The SMILES string of the molecule is c1ccc(-c2cccc3c2-c2ccc(N(c4ccc(-c5cccc6ccccc56)cc4)c4ccc(-c5cccc6ccccc56)cc4)cc2C32c3ccccc3-c3ccccc32)cc1. The summed E-state index contributed by atoms with van der Waals surface area (Å²) in [5.74, 6) is 0. The fraction of sp³-hybridized carbons (Fsp3) is 0.0159. The molecule has 0 saturated heterocycles. The maximum absolute atomic E-state index is 2.50. The first-order valence-electron chi connectivity index (χ1n) is 22.3. The molecule has 0 unspecified atom stereocenters. The van der Waals surface area contributed by atoms with E-state index in [0.29, 0.717) is 0 Å². The van der Waals surface area contributed by atoms with Gasteiger partial charge in [0.15, 0.2) is 0 Å². The lowest BCUT2D eigenvalue weighted by molar-refractivity contribution is 0.794. The second-order valence-electron chi connectivity index (χ2n) is 17.1. The second kappa shape index (κ2) is 14.4. The van der Waals surface area contributed by atoms with Crippen molar-refractivity contribution in [1.82, 2.24) is 0 Å². The van der Waals surface area contributed by atoms with Crippen molar-refractivity contribution in [3.05, 3.63) is 271 Å². The zero-order valence-electron chi connectivity index (χ0n) is 35.1. The van der Waals surface area contributed by atoms with E-state index in [1.165, 1.54) is 99.4 Å². The van der Waals surface area contributed by atoms with E-state index in [9.17, 15) is 0 Å². The molecular formula is C63H41N. The molecule has 0 aliphatic heterocycles. The topological polar surface area (TPSA) is 3.24 Å². The van der Waals surface area contributed by atoms with Gasteiger partial charge in [-0.1, -0.05) is 212 Å². The summed E-state index contributed by atoms with van der Waals surface area (Å²) in [5, 5.41) is 5.01. The highest BCUT2D eigenvalue weighted by Gasteiger charge is 2.52. The number of anilines is 3. The molecular weight excluding hydrogens is 771 g/mol. The minimum atomic E-state index is -0.499. The van der Waals surface area contributed by atoms with Crippen LogP contribution in [0.1, 0.15) is 22.3 Å². The third-order valence-electron chi connectivity index (χ3n) is 13.9. The average Bonchev–Trinajstić information content (AvgIpc) is 3.84.